The number of aliphatic hydroxyl groups is 1. The van der Waals surface area contributed by atoms with Crippen LogP contribution in [0, 0.1) is 0 Å². The highest BCUT2D eigenvalue weighted by Crippen LogP contribution is 2.22. The van der Waals surface area contributed by atoms with E-state index in [-0.39, 0.29) is 30.9 Å². The number of hydrogen-bond acceptors (Lipinski definition) is 3. The molecule has 1 aromatic carbocycles. The fraction of sp³-hybridized carbons (Fsp3) is 0.533. The molecule has 1 aromatic rings. The number of nitrogens with one attached hydrogen (secondary N) is 1. The van der Waals surface area contributed by atoms with Crippen molar-refractivity contribution < 1.29 is 27.8 Å². The van der Waals surface area contributed by atoms with E-state index in [0.717, 1.165) is 0 Å². The summed E-state index contributed by atoms with van der Waals surface area (Å²) in [5.74, 6) is 0. The van der Waals surface area contributed by atoms with Crippen LogP contribution in [0.5, 0.6) is 0 Å². The number of carbonyl (C=O) groups excluding carboxylic acids is 1. The van der Waals surface area contributed by atoms with E-state index in [2.05, 4.69) is 5.32 Å². The fourth-order valence-corrected chi connectivity index (χ4v) is 2.45. The Kier molecular flexibility index (Phi) is 5.48. The van der Waals surface area contributed by atoms with Crippen LogP contribution in [-0.2, 0) is 11.2 Å². The first-order valence-corrected chi connectivity index (χ1v) is 7.25. The van der Waals surface area contributed by atoms with Crippen molar-refractivity contribution in [3.8, 4) is 0 Å². The Morgan fingerprint density at radius 2 is 2.00 bits per heavy atom. The van der Waals surface area contributed by atoms with Crippen LogP contribution in [0.15, 0.2) is 24.3 Å². The van der Waals surface area contributed by atoms with E-state index >= 15 is 0 Å². The maximum Gasteiger partial charge on any atom is 0.393 e. The molecule has 2 N–H and O–H groups in total. The van der Waals surface area contributed by atoms with Gasteiger partial charge in [-0.3, -0.25) is 0 Å². The van der Waals surface area contributed by atoms with Crippen LogP contribution in [0.1, 0.15) is 12.5 Å². The van der Waals surface area contributed by atoms with Gasteiger partial charge in [0.1, 0.15) is 0 Å². The molecule has 1 aliphatic heterocycles. The zero-order chi connectivity index (χ0) is 17.0. The molecular weight excluding hydrogens is 313 g/mol. The lowest BCUT2D eigenvalue weighted by Crippen LogP contribution is -2.51. The number of halogens is 3. The summed E-state index contributed by atoms with van der Waals surface area (Å²) in [7, 11) is 0. The summed E-state index contributed by atoms with van der Waals surface area (Å²) in [6.45, 7) is 2.27. The van der Waals surface area contributed by atoms with Crippen molar-refractivity contribution in [3.63, 3.8) is 0 Å². The molecule has 1 heterocycles. The Hall–Kier alpha value is -1.80. The number of benzene rings is 1. The van der Waals surface area contributed by atoms with Crippen LogP contribution in [0.25, 0.3) is 0 Å². The molecule has 0 aliphatic carbocycles. The molecule has 0 aromatic heterocycles. The van der Waals surface area contributed by atoms with Crippen molar-refractivity contribution >= 4 is 11.7 Å². The molecule has 1 saturated heterocycles. The summed E-state index contributed by atoms with van der Waals surface area (Å²) in [4.78, 5) is 13.7. The van der Waals surface area contributed by atoms with Gasteiger partial charge in [0.15, 0.2) is 0 Å². The van der Waals surface area contributed by atoms with E-state index < -0.39 is 18.7 Å². The Morgan fingerprint density at radius 1 is 1.35 bits per heavy atom. The van der Waals surface area contributed by atoms with Gasteiger partial charge in [-0.1, -0.05) is 12.1 Å². The third-order valence-electron chi connectivity index (χ3n) is 3.43. The quantitative estimate of drug-likeness (QED) is 0.893. The van der Waals surface area contributed by atoms with Gasteiger partial charge in [-0.25, -0.2) is 4.79 Å². The van der Waals surface area contributed by atoms with Crippen molar-refractivity contribution in [2.45, 2.75) is 31.7 Å². The maximum absolute atomic E-state index is 12.3. The molecule has 2 atom stereocenters. The number of ether oxygens (including phenoxy) is 1. The van der Waals surface area contributed by atoms with Gasteiger partial charge in [0.25, 0.3) is 0 Å². The molecule has 0 unspecified atom stereocenters. The van der Waals surface area contributed by atoms with Gasteiger partial charge in [0.2, 0.25) is 0 Å². The lowest BCUT2D eigenvalue weighted by molar-refractivity contribution is -0.127. The van der Waals surface area contributed by atoms with Crippen molar-refractivity contribution in [2.75, 3.05) is 25.0 Å². The average Bonchev–Trinajstić information content (AvgIpc) is 2.47. The van der Waals surface area contributed by atoms with Crippen LogP contribution in [-0.4, -0.2) is 54.1 Å². The highest BCUT2D eigenvalue weighted by atomic mass is 19.4. The van der Waals surface area contributed by atoms with E-state index in [4.69, 9.17) is 9.84 Å². The number of urea groups is 1. The standard InChI is InChI=1S/C15H19F3N2O3/c1-10-7-20(8-13(9-21)23-10)14(22)19-12-4-2-11(3-5-12)6-15(16,17)18/h2-5,10,13,21H,6-9H2,1H3,(H,19,22)/t10-,13+/m0/s1. The molecule has 2 rings (SSSR count). The molecule has 1 fully saturated rings. The minimum Gasteiger partial charge on any atom is -0.394 e. The summed E-state index contributed by atoms with van der Waals surface area (Å²) in [5, 5.41) is 11.8. The largest absolute Gasteiger partial charge is 0.394 e. The summed E-state index contributed by atoms with van der Waals surface area (Å²) in [5.41, 5.74) is 0.552. The molecular formula is C15H19F3N2O3. The average molecular weight is 332 g/mol. The molecule has 0 spiro atoms. The number of carbonyl (C=O) groups is 1. The fourth-order valence-electron chi connectivity index (χ4n) is 2.45. The predicted molar refractivity (Wildman–Crippen MR) is 78.2 cm³/mol. The van der Waals surface area contributed by atoms with Crippen molar-refractivity contribution in [3.05, 3.63) is 29.8 Å². The van der Waals surface area contributed by atoms with E-state index in [0.29, 0.717) is 12.2 Å². The normalized spacial score (nSPS) is 22.0. The van der Waals surface area contributed by atoms with Crippen LogP contribution >= 0.6 is 0 Å². The Balaban J connectivity index is 1.94. The number of amides is 2. The Morgan fingerprint density at radius 3 is 2.57 bits per heavy atom. The van der Waals surface area contributed by atoms with Gasteiger partial charge < -0.3 is 20.1 Å². The van der Waals surface area contributed by atoms with E-state index in [1.807, 2.05) is 0 Å². The van der Waals surface area contributed by atoms with Gasteiger partial charge >= 0.3 is 12.2 Å². The summed E-state index contributed by atoms with van der Waals surface area (Å²) < 4.78 is 42.3. The zero-order valence-corrected chi connectivity index (χ0v) is 12.6. The molecule has 0 saturated carbocycles. The Labute approximate surface area is 132 Å². The molecule has 1 aliphatic rings. The van der Waals surface area contributed by atoms with Gasteiger partial charge in [-0.2, -0.15) is 13.2 Å². The highest BCUT2D eigenvalue weighted by molar-refractivity contribution is 5.89. The second-order valence-electron chi connectivity index (χ2n) is 5.58. The number of morpholine rings is 1. The topological polar surface area (TPSA) is 61.8 Å². The smallest absolute Gasteiger partial charge is 0.393 e. The van der Waals surface area contributed by atoms with Crippen molar-refractivity contribution in [1.82, 2.24) is 4.90 Å². The van der Waals surface area contributed by atoms with Crippen LogP contribution < -0.4 is 5.32 Å². The lowest BCUT2D eigenvalue weighted by atomic mass is 10.1. The summed E-state index contributed by atoms with van der Waals surface area (Å²) >= 11 is 0. The van der Waals surface area contributed by atoms with E-state index in [1.54, 1.807) is 6.92 Å². The van der Waals surface area contributed by atoms with Crippen LogP contribution in [0.4, 0.5) is 23.7 Å². The van der Waals surface area contributed by atoms with Crippen molar-refractivity contribution in [2.24, 2.45) is 0 Å². The number of anilines is 1. The van der Waals surface area contributed by atoms with E-state index in [9.17, 15) is 18.0 Å². The van der Waals surface area contributed by atoms with E-state index in [1.165, 1.54) is 29.2 Å². The summed E-state index contributed by atoms with van der Waals surface area (Å²) in [6.07, 6.45) is -5.88. The zero-order valence-electron chi connectivity index (χ0n) is 12.6. The molecule has 2 amide bonds. The number of hydrogen-bond donors (Lipinski definition) is 2. The molecule has 23 heavy (non-hydrogen) atoms. The first-order valence-electron chi connectivity index (χ1n) is 7.25. The maximum atomic E-state index is 12.3. The number of aliphatic hydroxyl groups excluding tert-OH is 1. The number of alkyl halides is 3. The monoisotopic (exact) mass is 332 g/mol. The van der Waals surface area contributed by atoms with Gasteiger partial charge in [-0.15, -0.1) is 0 Å². The van der Waals surface area contributed by atoms with Gasteiger partial charge in [0.05, 0.1) is 31.8 Å². The van der Waals surface area contributed by atoms with Crippen LogP contribution in [0.2, 0.25) is 0 Å². The third kappa shape index (κ3) is 5.40. The summed E-state index contributed by atoms with van der Waals surface area (Å²) in [6, 6.07) is 5.17. The second-order valence-corrected chi connectivity index (χ2v) is 5.58. The van der Waals surface area contributed by atoms with Crippen LogP contribution in [0.3, 0.4) is 0 Å². The second kappa shape index (κ2) is 7.18. The van der Waals surface area contributed by atoms with Crippen molar-refractivity contribution in [1.29, 1.82) is 0 Å². The first kappa shape index (κ1) is 17.6. The molecule has 128 valence electrons. The minimum atomic E-state index is -4.26. The number of nitrogens with zero attached hydrogens (tertiary/aromatic N) is 1. The first-order chi connectivity index (χ1) is 10.8. The predicted octanol–water partition coefficient (Wildman–Crippen LogP) is 2.40. The van der Waals surface area contributed by atoms with Gasteiger partial charge in [0, 0.05) is 12.2 Å². The molecule has 0 radical (unpaired) electrons. The SMILES string of the molecule is C[C@H]1CN(C(=O)Nc2ccc(CC(F)(F)F)cc2)C[C@H](CO)O1. The Bertz CT molecular complexity index is 534. The van der Waals surface area contributed by atoms with Gasteiger partial charge in [-0.05, 0) is 24.6 Å². The molecule has 8 heteroatoms. The number of rotatable bonds is 3. The lowest BCUT2D eigenvalue weighted by Gasteiger charge is -2.36. The highest BCUT2D eigenvalue weighted by Gasteiger charge is 2.29. The third-order valence-corrected chi connectivity index (χ3v) is 3.43. The molecule has 5 nitrogen and oxygen atoms in total. The minimum absolute atomic E-state index is 0.135. The molecule has 0 bridgehead atoms.